The van der Waals surface area contributed by atoms with E-state index in [1.54, 1.807) is 13.0 Å². The molecule has 7 aliphatic rings. The van der Waals surface area contributed by atoms with E-state index >= 15 is 0 Å². The molecule has 9 rings (SSSR count). The Bertz CT molecular complexity index is 1970. The first-order valence-electron chi connectivity index (χ1n) is 23.7. The highest BCUT2D eigenvalue weighted by Gasteiger charge is 2.49. The van der Waals surface area contributed by atoms with Gasteiger partial charge < -0.3 is 46.1 Å². The van der Waals surface area contributed by atoms with E-state index in [1.165, 1.54) is 36.3 Å². The minimum Gasteiger partial charge on any atom is -0.504 e. The van der Waals surface area contributed by atoms with Crippen molar-refractivity contribution in [1.29, 1.82) is 0 Å². The van der Waals surface area contributed by atoms with Gasteiger partial charge in [-0.2, -0.15) is 0 Å². The zero-order valence-corrected chi connectivity index (χ0v) is 38.5. The zero-order chi connectivity index (χ0) is 43.9. The summed E-state index contributed by atoms with van der Waals surface area (Å²) in [6.07, 6.45) is 20.8. The number of unbranched alkanes of at least 4 members (excludes halogenated alkanes) is 2. The largest absolute Gasteiger partial charge is 0.504 e. The number of nitrogens with one attached hydrogen (secondary N) is 1. The van der Waals surface area contributed by atoms with Gasteiger partial charge in [-0.05, 0) is 104 Å². The molecule has 0 aromatic heterocycles. The number of aliphatic hydroxyl groups excluding tert-OH is 4. The molecule has 3 aliphatic carbocycles. The fourth-order valence-corrected chi connectivity index (χ4v) is 13.6. The Balaban J connectivity index is 0.777. The molecule has 4 aliphatic heterocycles. The van der Waals surface area contributed by atoms with Crippen LogP contribution in [0.3, 0.4) is 0 Å². The van der Waals surface area contributed by atoms with Crippen LogP contribution in [0.2, 0.25) is 0 Å². The number of phenolic OH excluding ortho intramolecular Hbond substituents is 1. The van der Waals surface area contributed by atoms with Crippen LogP contribution in [0, 0.1) is 41.6 Å². The van der Waals surface area contributed by atoms with E-state index in [2.05, 4.69) is 47.8 Å². The molecule has 10 unspecified atom stereocenters. The number of benzene rings is 2. The van der Waals surface area contributed by atoms with Crippen molar-refractivity contribution in [3.8, 4) is 11.5 Å². The summed E-state index contributed by atoms with van der Waals surface area (Å²) in [6, 6.07) is 11.7. The van der Waals surface area contributed by atoms with Crippen molar-refractivity contribution in [2.75, 3.05) is 32.1 Å². The molecule has 12 heteroatoms. The fourth-order valence-electron chi connectivity index (χ4n) is 11.0. The van der Waals surface area contributed by atoms with Crippen LogP contribution in [0.1, 0.15) is 112 Å². The quantitative estimate of drug-likeness (QED) is 0.0340. The first-order valence-corrected chi connectivity index (χ1v) is 26.2. The average molecular weight is 901 g/mol. The molecule has 2 aromatic carbocycles. The number of nitrogens with two attached hydrogens (primary N) is 1. The summed E-state index contributed by atoms with van der Waals surface area (Å²) >= 11 is 0. The molecule has 4 bridgehead atoms. The first kappa shape index (κ1) is 46.6. The SMILES string of the molecule is CC(O)CNCC1[C+]2C=C(C(O)COc3cc(CC[C-]4C=C(CO)C(CCCCCC5CSSCc6cccc7c6C=CC(CC5N)C7O)[OH+]4)ccc3O)N=C2CCC2CCCC21. The second-order valence-electron chi connectivity index (χ2n) is 19.0. The lowest BCUT2D eigenvalue weighted by atomic mass is 9.77. The van der Waals surface area contributed by atoms with Gasteiger partial charge in [0.2, 0.25) is 5.70 Å². The van der Waals surface area contributed by atoms with E-state index in [0.29, 0.717) is 54.5 Å². The summed E-state index contributed by atoms with van der Waals surface area (Å²) in [6.45, 7) is 3.13. The van der Waals surface area contributed by atoms with Crippen LogP contribution >= 0.6 is 21.6 Å². The number of nitrogens with zero attached hydrogens (tertiary/aromatic N) is 1. The number of rotatable bonds is 18. The number of hydrogen-bond acceptors (Lipinski definition) is 11. The highest BCUT2D eigenvalue weighted by atomic mass is 33.1. The number of aliphatic imine (C=N–C) groups is 1. The first-order chi connectivity index (χ1) is 30.6. The molecule has 0 radical (unpaired) electrons. The molecule has 342 valence electrons. The molecule has 2 fully saturated rings. The molecule has 2 saturated carbocycles. The summed E-state index contributed by atoms with van der Waals surface area (Å²) in [5.74, 6) is 5.54. The maximum atomic E-state index is 11.3. The van der Waals surface area contributed by atoms with Crippen LogP contribution in [0.25, 0.3) is 6.08 Å². The van der Waals surface area contributed by atoms with Gasteiger partial charge in [-0.1, -0.05) is 83.7 Å². The van der Waals surface area contributed by atoms with Crippen molar-refractivity contribution in [3.05, 3.63) is 100 Å². The van der Waals surface area contributed by atoms with Crippen LogP contribution in [-0.4, -0.2) is 92.4 Å². The van der Waals surface area contributed by atoms with Crippen molar-refractivity contribution in [2.24, 2.45) is 40.3 Å². The molecule has 4 heterocycles. The lowest BCUT2D eigenvalue weighted by Gasteiger charge is -2.32. The third-order valence-corrected chi connectivity index (χ3v) is 17.0. The van der Waals surface area contributed by atoms with Gasteiger partial charge >= 0.3 is 0 Å². The Morgan fingerprint density at radius 2 is 1.97 bits per heavy atom. The molecule has 10 nitrogen and oxygen atoms in total. The van der Waals surface area contributed by atoms with Crippen molar-refractivity contribution in [1.82, 2.24) is 5.32 Å². The van der Waals surface area contributed by atoms with E-state index in [-0.39, 0.29) is 37.0 Å². The van der Waals surface area contributed by atoms with Gasteiger partial charge in [-0.25, -0.2) is 0 Å². The predicted molar refractivity (Wildman–Crippen MR) is 256 cm³/mol. The van der Waals surface area contributed by atoms with Crippen molar-refractivity contribution in [2.45, 2.75) is 127 Å². The number of hydrogen-bond donors (Lipinski definition) is 7. The highest BCUT2D eigenvalue weighted by Crippen LogP contribution is 2.49. The van der Waals surface area contributed by atoms with E-state index < -0.39 is 18.3 Å². The maximum Gasteiger partial charge on any atom is 0.208 e. The predicted octanol–water partition coefficient (Wildman–Crippen LogP) is 7.69. The molecule has 0 saturated heterocycles. The van der Waals surface area contributed by atoms with Crippen molar-refractivity contribution < 1.29 is 35.0 Å². The van der Waals surface area contributed by atoms with Crippen LogP contribution in [-0.2, 0) is 12.2 Å². The minimum absolute atomic E-state index is 0.00156. The van der Waals surface area contributed by atoms with E-state index in [0.717, 1.165) is 97.9 Å². The topological polar surface area (TPSA) is 174 Å². The van der Waals surface area contributed by atoms with E-state index in [4.69, 9.17) is 20.2 Å². The van der Waals surface area contributed by atoms with Crippen LogP contribution in [0.4, 0.5) is 0 Å². The number of fused-ring (bicyclic) bond motifs is 8. The number of aryl methyl sites for hydroxylation is 1. The molecular weight excluding hydrogens is 831 g/mol. The minimum atomic E-state index is -0.935. The summed E-state index contributed by atoms with van der Waals surface area (Å²) in [5.41, 5.74) is 14.0. The van der Waals surface area contributed by atoms with Gasteiger partial charge in [0.25, 0.3) is 0 Å². The Kier molecular flexibility index (Phi) is 16.3. The Morgan fingerprint density at radius 1 is 1.10 bits per heavy atom. The highest BCUT2D eigenvalue weighted by molar-refractivity contribution is 8.76. The number of ether oxygens (including phenoxy) is 2. The van der Waals surface area contributed by atoms with Gasteiger partial charge in [0.1, 0.15) is 30.4 Å². The molecule has 2 aromatic rings. The molecule has 0 spiro atoms. The second kappa shape index (κ2) is 22.1. The normalized spacial score (nSPS) is 29.0. The van der Waals surface area contributed by atoms with Gasteiger partial charge in [-0.15, -0.1) is 16.6 Å². The Hall–Kier alpha value is -2.91. The number of phenols is 1. The fraction of sp³-hybridized carbons (Fsp3) is 0.588. The van der Waals surface area contributed by atoms with Crippen molar-refractivity contribution in [3.63, 3.8) is 0 Å². The molecule has 10 atom stereocenters. The monoisotopic (exact) mass is 900 g/mol. The summed E-state index contributed by atoms with van der Waals surface area (Å²) in [4.78, 5) is 4.93. The number of aliphatic hydroxyl groups is 6. The van der Waals surface area contributed by atoms with Gasteiger partial charge in [0.05, 0.1) is 24.2 Å². The van der Waals surface area contributed by atoms with Gasteiger partial charge in [-0.3, -0.25) is 0 Å². The second-order valence-corrected chi connectivity index (χ2v) is 21.5. The van der Waals surface area contributed by atoms with E-state index in [1.807, 2.05) is 33.7 Å². The molecule has 63 heavy (non-hydrogen) atoms. The van der Waals surface area contributed by atoms with E-state index in [9.17, 15) is 25.5 Å². The van der Waals surface area contributed by atoms with Crippen LogP contribution in [0.5, 0.6) is 11.5 Å². The summed E-state index contributed by atoms with van der Waals surface area (Å²) in [7, 11) is 3.81. The maximum absolute atomic E-state index is 11.3. The average Bonchev–Trinajstić information content (AvgIpc) is 4.02. The van der Waals surface area contributed by atoms with Crippen LogP contribution in [0.15, 0.2) is 70.9 Å². The summed E-state index contributed by atoms with van der Waals surface area (Å²) < 4.78 is 11.1. The third-order valence-electron chi connectivity index (χ3n) is 14.6. The Morgan fingerprint density at radius 3 is 2.83 bits per heavy atom. The molecule has 0 amide bonds. The smallest absolute Gasteiger partial charge is 0.208 e. The lowest BCUT2D eigenvalue weighted by Crippen LogP contribution is -2.36. The third kappa shape index (κ3) is 11.6. The standard InChI is InChI=1S/C51H69N3O7S2/c1-31(56)25-53-26-43-39-10-5-8-33(39)16-19-45-42(43)24-46(54-45)48(58)28-60-50-21-32(14-20-47(50)57)13-17-38-22-37(27-55)49(61-38)12-4-2-3-7-36-30-63-62-29-35-9-6-11-41-40(35)18-15-34(51(41)59)23-44(36)52/h6,9,11,14-15,18,20-22,24,31,33-34,36,39,43-44,48-49,51,53,55-56,58-59,61H,2-5,7-8,10,12-13,16-17,19,23,25-30,52H2,1H3/p+1. The molecular formula is C51H70N3O7S2+. The Labute approximate surface area is 382 Å². The lowest BCUT2D eigenvalue weighted by molar-refractivity contribution is -0.0552. The molecule has 9 N–H and O–H groups in total. The van der Waals surface area contributed by atoms with Crippen LogP contribution < -0.4 is 15.8 Å². The van der Waals surface area contributed by atoms with Gasteiger partial charge in [0.15, 0.2) is 17.6 Å². The summed E-state index contributed by atoms with van der Waals surface area (Å²) in [5, 5.41) is 56.8. The van der Waals surface area contributed by atoms with Gasteiger partial charge in [0, 0.05) is 56.0 Å². The van der Waals surface area contributed by atoms with Crippen molar-refractivity contribution >= 4 is 33.4 Å². The number of allylic oxidation sites excluding steroid dienone is 1. The number of aromatic hydroxyl groups is 1. The zero-order valence-electron chi connectivity index (χ0n) is 36.9.